The lowest BCUT2D eigenvalue weighted by molar-refractivity contribution is 0.364. The van der Waals surface area contributed by atoms with Gasteiger partial charge in [-0.2, -0.15) is 0 Å². The van der Waals surface area contributed by atoms with Gasteiger partial charge in [-0.3, -0.25) is 0 Å². The van der Waals surface area contributed by atoms with Crippen molar-refractivity contribution in [1.29, 1.82) is 0 Å². The molecule has 3 heteroatoms. The smallest absolute Gasteiger partial charge is 0.159 e. The molecule has 0 radical (unpaired) electrons. The maximum absolute atomic E-state index is 5.90. The Kier molecular flexibility index (Phi) is 5.67. The highest BCUT2D eigenvalue weighted by Crippen LogP contribution is 2.29. The molecule has 0 N–H and O–H groups in total. The summed E-state index contributed by atoms with van der Waals surface area (Å²) in [6.07, 6.45) is 13.0. The van der Waals surface area contributed by atoms with Gasteiger partial charge in [-0.25, -0.2) is 9.97 Å². The predicted molar refractivity (Wildman–Crippen MR) is 99.6 cm³/mol. The molecule has 0 atom stereocenters. The summed E-state index contributed by atoms with van der Waals surface area (Å²) in [6, 6.07) is 7.54. The highest BCUT2D eigenvalue weighted by Gasteiger charge is 2.17. The van der Waals surface area contributed by atoms with Crippen LogP contribution in [0, 0.1) is 23.7 Å². The lowest BCUT2D eigenvalue weighted by atomic mass is 9.82. The molecular formula is C21H21ClN2. The molecule has 1 heterocycles. The summed E-state index contributed by atoms with van der Waals surface area (Å²) in [5.41, 5.74) is 1.84. The van der Waals surface area contributed by atoms with Crippen LogP contribution >= 0.6 is 11.6 Å². The lowest BCUT2D eigenvalue weighted by Gasteiger charge is -2.22. The van der Waals surface area contributed by atoms with Crippen LogP contribution in [0.2, 0.25) is 5.02 Å². The van der Waals surface area contributed by atoms with E-state index < -0.39 is 0 Å². The summed E-state index contributed by atoms with van der Waals surface area (Å²) in [7, 11) is 0. The molecule has 0 bridgehead atoms. The Morgan fingerprint density at radius 2 is 1.71 bits per heavy atom. The van der Waals surface area contributed by atoms with E-state index in [1.165, 1.54) is 25.7 Å². The number of nitrogens with zero attached hydrogens (tertiary/aromatic N) is 2. The summed E-state index contributed by atoms with van der Waals surface area (Å²) < 4.78 is 0. The molecule has 0 unspecified atom stereocenters. The quantitative estimate of drug-likeness (QED) is 0.532. The molecule has 24 heavy (non-hydrogen) atoms. The molecule has 2 nitrogen and oxygen atoms in total. The fourth-order valence-corrected chi connectivity index (χ4v) is 3.18. The Bertz CT molecular complexity index is 743. The van der Waals surface area contributed by atoms with E-state index in [1.807, 2.05) is 24.3 Å². The molecule has 0 amide bonds. The number of hydrogen-bond acceptors (Lipinski definition) is 2. The van der Waals surface area contributed by atoms with Gasteiger partial charge in [-0.1, -0.05) is 35.6 Å². The topological polar surface area (TPSA) is 25.8 Å². The van der Waals surface area contributed by atoms with Crippen LogP contribution in [0.1, 0.15) is 38.2 Å². The van der Waals surface area contributed by atoms with E-state index in [0.29, 0.717) is 16.8 Å². The van der Waals surface area contributed by atoms with Gasteiger partial charge in [-0.15, -0.1) is 0 Å². The molecule has 3 rings (SSSR count). The van der Waals surface area contributed by atoms with Gasteiger partial charge in [0.2, 0.25) is 0 Å². The van der Waals surface area contributed by atoms with Gasteiger partial charge in [0.1, 0.15) is 0 Å². The molecule has 1 fully saturated rings. The maximum atomic E-state index is 5.90. The van der Waals surface area contributed by atoms with Crippen molar-refractivity contribution in [1.82, 2.24) is 9.97 Å². The lowest BCUT2D eigenvalue weighted by Crippen LogP contribution is -2.11. The van der Waals surface area contributed by atoms with Gasteiger partial charge in [0.15, 0.2) is 5.82 Å². The minimum atomic E-state index is 0.502. The van der Waals surface area contributed by atoms with Crippen molar-refractivity contribution in [3.8, 4) is 23.2 Å². The largest absolute Gasteiger partial charge is 0.235 e. The van der Waals surface area contributed by atoms with Gasteiger partial charge in [0.05, 0.1) is 5.56 Å². The SMILES string of the molecule is CC=CC1CCC(C#Cc2cnc(-c3ccc(Cl)cc3)nc2)CC1. The summed E-state index contributed by atoms with van der Waals surface area (Å²) >= 11 is 5.90. The molecule has 1 aromatic carbocycles. The number of hydrogen-bond donors (Lipinski definition) is 0. The molecule has 0 aliphatic heterocycles. The van der Waals surface area contributed by atoms with Crippen molar-refractivity contribution in [3.05, 3.63) is 59.4 Å². The van der Waals surface area contributed by atoms with Gasteiger partial charge in [-0.05, 0) is 62.8 Å². The van der Waals surface area contributed by atoms with E-state index in [1.54, 1.807) is 12.4 Å². The molecular weight excluding hydrogens is 316 g/mol. The van der Waals surface area contributed by atoms with E-state index in [2.05, 4.69) is 40.9 Å². The third kappa shape index (κ3) is 4.46. The van der Waals surface area contributed by atoms with E-state index in [4.69, 9.17) is 11.6 Å². The molecule has 0 spiro atoms. The van der Waals surface area contributed by atoms with Crippen LogP contribution in [0.25, 0.3) is 11.4 Å². The Morgan fingerprint density at radius 3 is 2.33 bits per heavy atom. The summed E-state index contributed by atoms with van der Waals surface area (Å²) in [5.74, 6) is 8.58. The second kappa shape index (κ2) is 8.13. The molecule has 1 aliphatic rings. The Labute approximate surface area is 149 Å². The predicted octanol–water partition coefficient (Wildman–Crippen LogP) is 5.53. The van der Waals surface area contributed by atoms with Crippen LogP contribution in [0.15, 0.2) is 48.8 Å². The summed E-state index contributed by atoms with van der Waals surface area (Å²) in [6.45, 7) is 2.10. The van der Waals surface area contributed by atoms with Crippen LogP contribution in [0.4, 0.5) is 0 Å². The van der Waals surface area contributed by atoms with Crippen LogP contribution in [0.3, 0.4) is 0 Å². The number of benzene rings is 1. The zero-order chi connectivity index (χ0) is 16.8. The van der Waals surface area contributed by atoms with Crippen molar-refractivity contribution >= 4 is 11.6 Å². The van der Waals surface area contributed by atoms with Crippen LogP contribution < -0.4 is 0 Å². The summed E-state index contributed by atoms with van der Waals surface area (Å²) in [5, 5.41) is 0.713. The first-order chi connectivity index (χ1) is 11.7. The number of allylic oxidation sites excluding steroid dienone is 2. The number of aromatic nitrogens is 2. The molecule has 0 saturated heterocycles. The average Bonchev–Trinajstić information content (AvgIpc) is 2.63. The fourth-order valence-electron chi connectivity index (χ4n) is 3.05. The van der Waals surface area contributed by atoms with Crippen molar-refractivity contribution in [2.45, 2.75) is 32.6 Å². The first-order valence-corrected chi connectivity index (χ1v) is 8.84. The standard InChI is InChI=1S/C21H21ClN2/c1-2-3-16-4-6-17(7-5-16)8-9-18-14-23-21(24-15-18)19-10-12-20(22)13-11-19/h2-3,10-17H,4-7H2,1H3. The fraction of sp³-hybridized carbons (Fsp3) is 0.333. The highest BCUT2D eigenvalue weighted by molar-refractivity contribution is 6.30. The third-order valence-corrected chi connectivity index (χ3v) is 4.66. The van der Waals surface area contributed by atoms with Crippen LogP contribution in [-0.4, -0.2) is 9.97 Å². The zero-order valence-electron chi connectivity index (χ0n) is 13.9. The van der Waals surface area contributed by atoms with Crippen molar-refractivity contribution in [3.63, 3.8) is 0 Å². The van der Waals surface area contributed by atoms with Gasteiger partial charge in [0, 0.05) is 28.9 Å². The van der Waals surface area contributed by atoms with Gasteiger partial charge < -0.3 is 0 Å². The average molecular weight is 337 g/mol. The van der Waals surface area contributed by atoms with Crippen molar-refractivity contribution < 1.29 is 0 Å². The maximum Gasteiger partial charge on any atom is 0.159 e. The minimum Gasteiger partial charge on any atom is -0.235 e. The van der Waals surface area contributed by atoms with Crippen molar-refractivity contribution in [2.24, 2.45) is 11.8 Å². The summed E-state index contributed by atoms with van der Waals surface area (Å²) in [4.78, 5) is 8.83. The Morgan fingerprint density at radius 1 is 1.04 bits per heavy atom. The number of rotatable bonds is 2. The first-order valence-electron chi connectivity index (χ1n) is 8.47. The van der Waals surface area contributed by atoms with E-state index in [0.717, 1.165) is 17.0 Å². The first kappa shape index (κ1) is 16.7. The highest BCUT2D eigenvalue weighted by atomic mass is 35.5. The molecule has 1 saturated carbocycles. The second-order valence-electron chi connectivity index (χ2n) is 6.21. The molecule has 1 aromatic heterocycles. The van der Waals surface area contributed by atoms with Gasteiger partial charge in [0.25, 0.3) is 0 Å². The van der Waals surface area contributed by atoms with E-state index in [9.17, 15) is 0 Å². The Balaban J connectivity index is 1.62. The zero-order valence-corrected chi connectivity index (χ0v) is 14.6. The monoisotopic (exact) mass is 336 g/mol. The molecule has 122 valence electrons. The van der Waals surface area contributed by atoms with Crippen molar-refractivity contribution in [2.75, 3.05) is 0 Å². The minimum absolute atomic E-state index is 0.502. The van der Waals surface area contributed by atoms with Crippen LogP contribution in [-0.2, 0) is 0 Å². The molecule has 1 aliphatic carbocycles. The third-order valence-electron chi connectivity index (χ3n) is 4.41. The Hall–Kier alpha value is -2.11. The molecule has 2 aromatic rings. The van der Waals surface area contributed by atoms with Gasteiger partial charge >= 0.3 is 0 Å². The second-order valence-corrected chi connectivity index (χ2v) is 6.65. The van der Waals surface area contributed by atoms with E-state index in [-0.39, 0.29) is 0 Å². The number of halogens is 1. The normalized spacial score (nSPS) is 20.6. The van der Waals surface area contributed by atoms with Crippen LogP contribution in [0.5, 0.6) is 0 Å². The van der Waals surface area contributed by atoms with E-state index >= 15 is 0 Å².